The van der Waals surface area contributed by atoms with Crippen LogP contribution >= 0.6 is 23.5 Å². The summed E-state index contributed by atoms with van der Waals surface area (Å²) in [5.74, 6) is -2.49. The molecule has 2 aliphatic rings. The first kappa shape index (κ1) is 24.7. The van der Waals surface area contributed by atoms with Gasteiger partial charge in [-0.15, -0.1) is 0 Å². The number of aryl methyl sites for hydroxylation is 1. The zero-order chi connectivity index (χ0) is 25.3. The lowest BCUT2D eigenvalue weighted by Gasteiger charge is -2.14. The van der Waals surface area contributed by atoms with E-state index < -0.39 is 33.7 Å². The number of fused-ring (bicyclic) bond motifs is 1. The topological polar surface area (TPSA) is 180 Å². The number of amidine groups is 1. The molecule has 1 atom stereocenters. The highest BCUT2D eigenvalue weighted by Crippen LogP contribution is 2.41. The van der Waals surface area contributed by atoms with Gasteiger partial charge in [-0.2, -0.15) is 4.99 Å². The van der Waals surface area contributed by atoms with Gasteiger partial charge in [0.15, 0.2) is 11.0 Å². The molecule has 0 aliphatic carbocycles. The number of hydrogen-bond donors (Lipinski definition) is 3. The van der Waals surface area contributed by atoms with Crippen molar-refractivity contribution in [2.24, 2.45) is 15.9 Å². The van der Waals surface area contributed by atoms with Crippen LogP contribution in [0.15, 0.2) is 60.2 Å². The number of aliphatic carboxylic acids is 1. The van der Waals surface area contributed by atoms with Crippen molar-refractivity contribution in [3.8, 4) is 0 Å². The number of hydrogen-bond acceptors (Lipinski definition) is 10. The van der Waals surface area contributed by atoms with Crippen molar-refractivity contribution >= 4 is 73.0 Å². The van der Waals surface area contributed by atoms with Gasteiger partial charge >= 0.3 is 5.97 Å². The van der Waals surface area contributed by atoms with E-state index in [1.807, 2.05) is 0 Å². The van der Waals surface area contributed by atoms with Gasteiger partial charge in [0, 0.05) is 11.8 Å². The molecule has 2 aliphatic heterocycles. The van der Waals surface area contributed by atoms with Crippen LogP contribution in [0.3, 0.4) is 0 Å². The summed E-state index contributed by atoms with van der Waals surface area (Å²) in [4.78, 5) is 44.1. The minimum absolute atomic E-state index is 0.0373. The van der Waals surface area contributed by atoms with E-state index in [0.717, 1.165) is 23.5 Å². The molecule has 1 aromatic carbocycles. The zero-order valence-corrected chi connectivity index (χ0v) is 20.6. The van der Waals surface area contributed by atoms with E-state index in [1.54, 1.807) is 13.8 Å². The number of benzene rings is 1. The molecule has 35 heavy (non-hydrogen) atoms. The monoisotopic (exact) mass is 535 g/mol. The molecule has 4 rings (SSSR count). The molecule has 3 heterocycles. The summed E-state index contributed by atoms with van der Waals surface area (Å²) in [6, 6.07) is 6.93. The highest BCUT2D eigenvalue weighted by molar-refractivity contribution is 8.19. The van der Waals surface area contributed by atoms with E-state index in [2.05, 4.69) is 25.2 Å². The van der Waals surface area contributed by atoms with Crippen molar-refractivity contribution in [2.45, 2.75) is 18.7 Å². The molecule has 15 heteroatoms. The number of carboxylic acids is 1. The molecule has 2 amide bonds. The van der Waals surface area contributed by atoms with E-state index in [4.69, 9.17) is 4.52 Å². The molecule has 0 radical (unpaired) electrons. The zero-order valence-electron chi connectivity index (χ0n) is 18.1. The van der Waals surface area contributed by atoms with Crippen molar-refractivity contribution in [3.63, 3.8) is 0 Å². The first-order valence-corrected chi connectivity index (χ1v) is 13.1. The number of sulfonamides is 1. The molecule has 0 fully saturated rings. The Labute approximate surface area is 207 Å². The number of amides is 2. The smallest absolute Gasteiger partial charge is 0.342 e. The summed E-state index contributed by atoms with van der Waals surface area (Å²) >= 11 is 1.84. The predicted octanol–water partition coefficient (Wildman–Crippen LogP) is 2.47. The molecule has 12 nitrogen and oxygen atoms in total. The average molecular weight is 536 g/mol. The Bertz CT molecular complexity index is 1430. The van der Waals surface area contributed by atoms with Crippen molar-refractivity contribution in [3.05, 3.63) is 46.6 Å². The van der Waals surface area contributed by atoms with Crippen molar-refractivity contribution in [2.75, 3.05) is 15.8 Å². The molecular weight excluding hydrogens is 518 g/mol. The van der Waals surface area contributed by atoms with Gasteiger partial charge in [0.2, 0.25) is 5.91 Å². The average Bonchev–Trinajstić information content (AvgIpc) is 3.35. The Hall–Kier alpha value is -3.43. The lowest BCUT2D eigenvalue weighted by molar-refractivity contribution is -0.131. The maximum Gasteiger partial charge on any atom is 0.342 e. The Kier molecular flexibility index (Phi) is 6.82. The molecule has 0 saturated carbocycles. The summed E-state index contributed by atoms with van der Waals surface area (Å²) in [7, 11) is -3.89. The number of rotatable bonds is 7. The van der Waals surface area contributed by atoms with E-state index in [-0.39, 0.29) is 26.5 Å². The number of anilines is 2. The second-order valence-corrected chi connectivity index (χ2v) is 11.0. The van der Waals surface area contributed by atoms with Gasteiger partial charge in [0.25, 0.3) is 15.9 Å². The number of carbonyl (C=O) groups excluding carboxylic acids is 2. The molecule has 1 aromatic heterocycles. The molecule has 3 N–H and O–H groups in total. The SMILES string of the molecule is CC1=C(C(=O)O)SC2=NC(SCC(=O)Nc3ccc(S(=O)(=O)Nc4cc(C)on4)cc3)=NC(=O)C21. The van der Waals surface area contributed by atoms with Gasteiger partial charge in [0.1, 0.15) is 11.7 Å². The first-order valence-electron chi connectivity index (χ1n) is 9.85. The number of carbonyl (C=O) groups is 3. The van der Waals surface area contributed by atoms with Crippen LogP contribution in [0.2, 0.25) is 0 Å². The third-order valence-electron chi connectivity index (χ3n) is 4.75. The van der Waals surface area contributed by atoms with Crippen LogP contribution in [-0.2, 0) is 24.4 Å². The fraction of sp³-hybridized carbons (Fsp3) is 0.200. The lowest BCUT2D eigenvalue weighted by Crippen LogP contribution is -2.24. The summed E-state index contributed by atoms with van der Waals surface area (Å²) in [6.07, 6.45) is 0. The van der Waals surface area contributed by atoms with Crippen LogP contribution in [0.4, 0.5) is 11.5 Å². The van der Waals surface area contributed by atoms with Gasteiger partial charge < -0.3 is 14.9 Å². The normalized spacial score (nSPS) is 17.5. The van der Waals surface area contributed by atoms with Crippen LogP contribution in [0, 0.1) is 12.8 Å². The number of aromatic nitrogens is 1. The van der Waals surface area contributed by atoms with Crippen molar-refractivity contribution < 1.29 is 32.4 Å². The summed E-state index contributed by atoms with van der Waals surface area (Å²) < 4.78 is 32.0. The maximum atomic E-state index is 12.4. The van der Waals surface area contributed by atoms with E-state index in [9.17, 15) is 27.9 Å². The highest BCUT2D eigenvalue weighted by atomic mass is 32.2. The Balaban J connectivity index is 1.33. The Morgan fingerprint density at radius 2 is 1.91 bits per heavy atom. The van der Waals surface area contributed by atoms with E-state index in [1.165, 1.54) is 30.3 Å². The van der Waals surface area contributed by atoms with Crippen LogP contribution in [-0.4, -0.2) is 52.4 Å². The predicted molar refractivity (Wildman–Crippen MR) is 131 cm³/mol. The summed E-state index contributed by atoms with van der Waals surface area (Å²) in [6.45, 7) is 3.19. The minimum Gasteiger partial charge on any atom is -0.477 e. The maximum absolute atomic E-state index is 12.4. The highest BCUT2D eigenvalue weighted by Gasteiger charge is 2.40. The van der Waals surface area contributed by atoms with Gasteiger partial charge in [-0.1, -0.05) is 28.7 Å². The second-order valence-electron chi connectivity index (χ2n) is 7.32. The number of nitrogens with zero attached hydrogens (tertiary/aromatic N) is 3. The van der Waals surface area contributed by atoms with E-state index in [0.29, 0.717) is 22.1 Å². The molecule has 0 bridgehead atoms. The first-order chi connectivity index (χ1) is 16.5. The Morgan fingerprint density at radius 3 is 2.54 bits per heavy atom. The minimum atomic E-state index is -3.89. The van der Waals surface area contributed by atoms with Crippen LogP contribution in [0.25, 0.3) is 0 Å². The summed E-state index contributed by atoms with van der Waals surface area (Å²) in [5.41, 5.74) is 0.755. The van der Waals surface area contributed by atoms with Crippen molar-refractivity contribution in [1.82, 2.24) is 5.16 Å². The number of nitrogens with one attached hydrogen (secondary N) is 2. The van der Waals surface area contributed by atoms with Crippen LogP contribution in [0.1, 0.15) is 12.7 Å². The van der Waals surface area contributed by atoms with Crippen LogP contribution < -0.4 is 10.0 Å². The number of aliphatic imine (C=N–C) groups is 2. The van der Waals surface area contributed by atoms with Crippen molar-refractivity contribution in [1.29, 1.82) is 0 Å². The number of thioether (sulfide) groups is 2. The van der Waals surface area contributed by atoms with Gasteiger partial charge in [-0.05, 0) is 43.7 Å². The molecule has 0 saturated heterocycles. The van der Waals surface area contributed by atoms with Gasteiger partial charge in [-0.25, -0.2) is 18.2 Å². The fourth-order valence-electron chi connectivity index (χ4n) is 3.15. The standard InChI is InChI=1S/C20H17N5O7S3/c1-9-7-13(24-32-9)25-35(30,31)12-5-3-11(4-6-12)21-14(26)8-33-20-22-17(27)15-10(2)16(19(28)29)34-18(15)23-20/h3-7,15H,8H2,1-2H3,(H,21,26)(H,24,25)(H,28,29). The lowest BCUT2D eigenvalue weighted by atomic mass is 10.0. The van der Waals surface area contributed by atoms with Gasteiger partial charge in [-0.3, -0.25) is 14.3 Å². The molecule has 2 aromatic rings. The third-order valence-corrected chi connectivity index (χ3v) is 8.20. The van der Waals surface area contributed by atoms with Gasteiger partial charge in [0.05, 0.1) is 20.6 Å². The number of carboxylic acid groups (broad SMARTS) is 1. The van der Waals surface area contributed by atoms with Crippen LogP contribution in [0.5, 0.6) is 0 Å². The molecular formula is C20H17N5O7S3. The quantitative estimate of drug-likeness (QED) is 0.476. The largest absolute Gasteiger partial charge is 0.477 e. The third kappa shape index (κ3) is 5.47. The molecule has 182 valence electrons. The second kappa shape index (κ2) is 9.67. The van der Waals surface area contributed by atoms with E-state index >= 15 is 0 Å². The Morgan fingerprint density at radius 1 is 1.20 bits per heavy atom. The fourth-order valence-corrected chi connectivity index (χ4v) is 5.94. The molecule has 0 spiro atoms. The summed E-state index contributed by atoms with van der Waals surface area (Å²) in [5, 5.41) is 15.8. The molecule has 1 unspecified atom stereocenters.